The van der Waals surface area contributed by atoms with Crippen LogP contribution in [0.5, 0.6) is 0 Å². The largest absolute Gasteiger partial charge is 0.481 e. The molecule has 7 heteroatoms. The molecule has 2 fully saturated rings. The highest BCUT2D eigenvalue weighted by molar-refractivity contribution is 5.94. The van der Waals surface area contributed by atoms with Gasteiger partial charge in [-0.3, -0.25) is 14.5 Å². The van der Waals surface area contributed by atoms with E-state index in [9.17, 15) is 14.4 Å². The van der Waals surface area contributed by atoms with Gasteiger partial charge in [0, 0.05) is 13.1 Å². The van der Waals surface area contributed by atoms with Crippen LogP contribution in [0, 0.1) is 5.92 Å². The fourth-order valence-corrected chi connectivity index (χ4v) is 1.75. The zero-order valence-corrected chi connectivity index (χ0v) is 8.59. The van der Waals surface area contributed by atoms with Crippen LogP contribution in [0.4, 0.5) is 4.79 Å². The first-order valence-electron chi connectivity index (χ1n) is 5.00. The molecule has 2 aliphatic rings. The van der Waals surface area contributed by atoms with Crippen molar-refractivity contribution >= 4 is 18.0 Å². The number of hydrogen-bond donors (Lipinski definition) is 1. The Balaban J connectivity index is 1.77. The van der Waals surface area contributed by atoms with E-state index < -0.39 is 18.0 Å². The molecule has 2 rings (SSSR count). The van der Waals surface area contributed by atoms with E-state index in [4.69, 9.17) is 5.11 Å². The second kappa shape index (κ2) is 4.09. The quantitative estimate of drug-likeness (QED) is 0.665. The number of carboxylic acid groups (broad SMARTS) is 1. The Morgan fingerprint density at radius 2 is 2.12 bits per heavy atom. The summed E-state index contributed by atoms with van der Waals surface area (Å²) in [6.45, 7) is 1.34. The number of hydrogen-bond acceptors (Lipinski definition) is 5. The first-order valence-corrected chi connectivity index (χ1v) is 5.00. The van der Waals surface area contributed by atoms with Gasteiger partial charge in [0.05, 0.1) is 19.0 Å². The van der Waals surface area contributed by atoms with Crippen LogP contribution in [0.25, 0.3) is 0 Å². The lowest BCUT2D eigenvalue weighted by atomic mass is 10.0. The first kappa shape index (κ1) is 10.9. The molecule has 88 valence electrons. The summed E-state index contributed by atoms with van der Waals surface area (Å²) in [5.74, 6) is -1.56. The second-order valence-corrected chi connectivity index (χ2v) is 3.89. The van der Waals surface area contributed by atoms with Crippen LogP contribution in [0.15, 0.2) is 0 Å². The number of carbonyl (C=O) groups excluding carboxylic acids is 2. The number of rotatable bonds is 3. The van der Waals surface area contributed by atoms with Gasteiger partial charge in [0.2, 0.25) is 5.91 Å². The average Bonchev–Trinajstić information content (AvgIpc) is 2.56. The van der Waals surface area contributed by atoms with Crippen LogP contribution in [-0.4, -0.2) is 65.7 Å². The standard InChI is InChI=1S/C9H12N2O5/c12-7(11-1-2-16-9(11)15)5-10-3-6(4-10)8(13)14/h6H,1-5H2,(H,13,14). The Hall–Kier alpha value is -1.63. The lowest BCUT2D eigenvalue weighted by Crippen LogP contribution is -2.54. The minimum atomic E-state index is -0.843. The van der Waals surface area contributed by atoms with E-state index in [1.165, 1.54) is 0 Å². The molecule has 2 aliphatic heterocycles. The van der Waals surface area contributed by atoms with Crippen LogP contribution in [0.3, 0.4) is 0 Å². The fraction of sp³-hybridized carbons (Fsp3) is 0.667. The van der Waals surface area contributed by atoms with Crippen LogP contribution in [0.2, 0.25) is 0 Å². The summed E-state index contributed by atoms with van der Waals surface area (Å²) in [5, 5.41) is 8.64. The highest BCUT2D eigenvalue weighted by atomic mass is 16.6. The molecule has 2 saturated heterocycles. The van der Waals surface area contributed by atoms with E-state index in [0.717, 1.165) is 4.90 Å². The Labute approximate surface area is 91.6 Å². The number of cyclic esters (lactones) is 1. The van der Waals surface area contributed by atoms with Crippen LogP contribution in [-0.2, 0) is 14.3 Å². The SMILES string of the molecule is O=C(O)C1CN(CC(=O)N2CCOC2=O)C1. The zero-order chi connectivity index (χ0) is 11.7. The predicted octanol–water partition coefficient (Wildman–Crippen LogP) is -1.02. The third kappa shape index (κ3) is 1.99. The minimum Gasteiger partial charge on any atom is -0.481 e. The van der Waals surface area contributed by atoms with Gasteiger partial charge in [0.15, 0.2) is 0 Å². The molecule has 7 nitrogen and oxygen atoms in total. The Bertz CT molecular complexity index is 337. The number of amides is 2. The minimum absolute atomic E-state index is 0.0822. The monoisotopic (exact) mass is 228 g/mol. The third-order valence-electron chi connectivity index (χ3n) is 2.73. The fourth-order valence-electron chi connectivity index (χ4n) is 1.75. The Morgan fingerprint density at radius 3 is 2.62 bits per heavy atom. The van der Waals surface area contributed by atoms with E-state index in [1.54, 1.807) is 4.90 Å². The molecule has 0 atom stereocenters. The zero-order valence-electron chi connectivity index (χ0n) is 8.59. The molecule has 0 radical (unpaired) electrons. The smallest absolute Gasteiger partial charge is 0.416 e. The first-order chi connectivity index (χ1) is 7.58. The van der Waals surface area contributed by atoms with Gasteiger partial charge in [-0.1, -0.05) is 0 Å². The summed E-state index contributed by atoms with van der Waals surface area (Å²) in [7, 11) is 0. The summed E-state index contributed by atoms with van der Waals surface area (Å²) in [6, 6.07) is 0. The maximum Gasteiger partial charge on any atom is 0.416 e. The van der Waals surface area contributed by atoms with Gasteiger partial charge in [-0.05, 0) is 0 Å². The molecule has 0 aromatic rings. The average molecular weight is 228 g/mol. The number of ether oxygens (including phenoxy) is 1. The maximum atomic E-state index is 11.6. The van der Waals surface area contributed by atoms with E-state index in [1.807, 2.05) is 0 Å². The van der Waals surface area contributed by atoms with Gasteiger partial charge >= 0.3 is 12.1 Å². The highest BCUT2D eigenvalue weighted by Gasteiger charge is 2.36. The van der Waals surface area contributed by atoms with Gasteiger partial charge in [-0.25, -0.2) is 9.69 Å². The summed E-state index contributed by atoms with van der Waals surface area (Å²) in [6.07, 6.45) is -0.611. The molecule has 2 heterocycles. The molecule has 0 spiro atoms. The van der Waals surface area contributed by atoms with Crippen molar-refractivity contribution in [1.82, 2.24) is 9.80 Å². The van der Waals surface area contributed by atoms with E-state index in [0.29, 0.717) is 13.1 Å². The lowest BCUT2D eigenvalue weighted by Gasteiger charge is -2.36. The van der Waals surface area contributed by atoms with Gasteiger partial charge in [-0.15, -0.1) is 0 Å². The third-order valence-corrected chi connectivity index (χ3v) is 2.73. The second-order valence-electron chi connectivity index (χ2n) is 3.89. The molecule has 0 aliphatic carbocycles. The molecule has 0 bridgehead atoms. The van der Waals surface area contributed by atoms with Crippen molar-refractivity contribution < 1.29 is 24.2 Å². The Kier molecular flexibility index (Phi) is 2.78. The van der Waals surface area contributed by atoms with E-state index in [-0.39, 0.29) is 25.6 Å². The normalized spacial score (nSPS) is 21.8. The van der Waals surface area contributed by atoms with E-state index >= 15 is 0 Å². The molecule has 0 aromatic carbocycles. The number of imide groups is 1. The summed E-state index contributed by atoms with van der Waals surface area (Å²) in [4.78, 5) is 35.9. The highest BCUT2D eigenvalue weighted by Crippen LogP contribution is 2.16. The number of likely N-dealkylation sites (tertiary alicyclic amines) is 1. The van der Waals surface area contributed by atoms with Gasteiger partial charge in [-0.2, -0.15) is 0 Å². The number of carboxylic acids is 1. The van der Waals surface area contributed by atoms with Crippen LogP contribution in [0.1, 0.15) is 0 Å². The predicted molar refractivity (Wildman–Crippen MR) is 50.6 cm³/mol. The molecule has 0 unspecified atom stereocenters. The van der Waals surface area contributed by atoms with Crippen molar-refractivity contribution in [3.05, 3.63) is 0 Å². The Morgan fingerprint density at radius 1 is 1.44 bits per heavy atom. The molecule has 0 aromatic heterocycles. The topological polar surface area (TPSA) is 87.2 Å². The van der Waals surface area contributed by atoms with Crippen molar-refractivity contribution in [2.75, 3.05) is 32.8 Å². The van der Waals surface area contributed by atoms with E-state index in [2.05, 4.69) is 4.74 Å². The van der Waals surface area contributed by atoms with Gasteiger partial charge in [0.25, 0.3) is 0 Å². The van der Waals surface area contributed by atoms with Crippen molar-refractivity contribution in [2.45, 2.75) is 0 Å². The number of carbonyl (C=O) groups is 3. The summed E-state index contributed by atoms with van der Waals surface area (Å²) < 4.78 is 4.63. The molecule has 2 amide bonds. The summed E-state index contributed by atoms with van der Waals surface area (Å²) >= 11 is 0. The van der Waals surface area contributed by atoms with Crippen LogP contribution < -0.4 is 0 Å². The lowest BCUT2D eigenvalue weighted by molar-refractivity contribution is -0.149. The molecule has 0 saturated carbocycles. The summed E-state index contributed by atoms with van der Waals surface area (Å²) in [5.41, 5.74) is 0. The van der Waals surface area contributed by atoms with Crippen molar-refractivity contribution in [2.24, 2.45) is 5.92 Å². The van der Waals surface area contributed by atoms with Gasteiger partial charge < -0.3 is 9.84 Å². The van der Waals surface area contributed by atoms with Gasteiger partial charge in [0.1, 0.15) is 6.61 Å². The molecule has 16 heavy (non-hydrogen) atoms. The van der Waals surface area contributed by atoms with Crippen molar-refractivity contribution in [3.8, 4) is 0 Å². The number of nitrogens with zero attached hydrogens (tertiary/aromatic N) is 2. The molecular weight excluding hydrogens is 216 g/mol. The van der Waals surface area contributed by atoms with Crippen LogP contribution >= 0.6 is 0 Å². The molecular formula is C9H12N2O5. The maximum absolute atomic E-state index is 11.6. The van der Waals surface area contributed by atoms with Crippen molar-refractivity contribution in [3.63, 3.8) is 0 Å². The number of aliphatic carboxylic acids is 1. The molecule has 1 N–H and O–H groups in total. The van der Waals surface area contributed by atoms with Crippen molar-refractivity contribution in [1.29, 1.82) is 0 Å².